The lowest BCUT2D eigenvalue weighted by atomic mass is 10.0. The van der Waals surface area contributed by atoms with Gasteiger partial charge in [-0.05, 0) is 51.4 Å². The highest BCUT2D eigenvalue weighted by atomic mass is 16.5. The number of nitrogens with one attached hydrogen (secondary N) is 1. The van der Waals surface area contributed by atoms with Crippen molar-refractivity contribution in [3.05, 3.63) is 24.3 Å². The van der Waals surface area contributed by atoms with Crippen molar-refractivity contribution < 1.29 is 24.5 Å². The van der Waals surface area contributed by atoms with Crippen LogP contribution in [-0.4, -0.2) is 47.4 Å². The van der Waals surface area contributed by atoms with Crippen molar-refractivity contribution in [1.82, 2.24) is 5.32 Å². The molecule has 0 fully saturated rings. The maximum Gasteiger partial charge on any atom is 0.305 e. The van der Waals surface area contributed by atoms with Crippen LogP contribution in [0.2, 0.25) is 0 Å². The van der Waals surface area contributed by atoms with Crippen LogP contribution in [0.25, 0.3) is 0 Å². The second kappa shape index (κ2) is 47.0. The van der Waals surface area contributed by atoms with Crippen molar-refractivity contribution >= 4 is 11.9 Å². The Labute approximate surface area is 354 Å². The number of unbranched alkanes of at least 4 members (excludes halogenated alkanes) is 33. The van der Waals surface area contributed by atoms with Gasteiger partial charge in [0.2, 0.25) is 5.91 Å². The van der Waals surface area contributed by atoms with Crippen LogP contribution >= 0.6 is 0 Å². The molecule has 0 aromatic carbocycles. The number of allylic oxidation sites excluding steroid dienone is 3. The number of aliphatic hydroxyl groups excluding tert-OH is 2. The molecule has 0 aliphatic carbocycles. The Morgan fingerprint density at radius 2 is 0.842 bits per heavy atom. The predicted molar refractivity (Wildman–Crippen MR) is 246 cm³/mol. The Balaban J connectivity index is 3.48. The number of carbonyl (C=O) groups is 2. The van der Waals surface area contributed by atoms with Crippen LogP contribution in [-0.2, 0) is 14.3 Å². The second-order valence-electron chi connectivity index (χ2n) is 17.1. The van der Waals surface area contributed by atoms with Crippen molar-refractivity contribution in [3.8, 4) is 0 Å². The summed E-state index contributed by atoms with van der Waals surface area (Å²) >= 11 is 0. The third-order valence-corrected chi connectivity index (χ3v) is 11.5. The van der Waals surface area contributed by atoms with Gasteiger partial charge in [-0.25, -0.2) is 0 Å². The first kappa shape index (κ1) is 55.3. The molecule has 0 bridgehead atoms. The Hall–Kier alpha value is -1.66. The maximum atomic E-state index is 12.4. The number of ether oxygens (including phenoxy) is 1. The Morgan fingerprint density at radius 1 is 0.474 bits per heavy atom. The van der Waals surface area contributed by atoms with E-state index in [9.17, 15) is 19.8 Å². The molecule has 0 saturated heterocycles. The van der Waals surface area contributed by atoms with Gasteiger partial charge in [0.1, 0.15) is 0 Å². The molecule has 6 nitrogen and oxygen atoms in total. The average Bonchev–Trinajstić information content (AvgIpc) is 3.21. The van der Waals surface area contributed by atoms with Crippen LogP contribution in [0.1, 0.15) is 264 Å². The lowest BCUT2D eigenvalue weighted by Gasteiger charge is -2.20. The van der Waals surface area contributed by atoms with Crippen LogP contribution in [0.5, 0.6) is 0 Å². The summed E-state index contributed by atoms with van der Waals surface area (Å²) in [5, 5.41) is 23.0. The molecular weight excluding hydrogens is 707 g/mol. The van der Waals surface area contributed by atoms with Gasteiger partial charge in [-0.2, -0.15) is 0 Å². The molecule has 0 radical (unpaired) electrons. The standard InChI is InChI=1S/C51H97NO5/c1-3-5-7-9-11-13-15-16-20-24-27-31-35-39-43-49(54)48(47-53)52-50(55)44-40-36-32-28-25-21-18-17-19-22-26-30-34-38-42-46-57-51(56)45-41-37-33-29-23-14-12-10-8-6-4-2/h10,12,39,43,48-49,53-54H,3-9,11,13-38,40-42,44-47H2,1-2H3,(H,52,55)/b12-10-,43-39+. The van der Waals surface area contributed by atoms with Gasteiger partial charge in [-0.3, -0.25) is 9.59 Å². The minimum Gasteiger partial charge on any atom is -0.466 e. The molecule has 0 aromatic rings. The van der Waals surface area contributed by atoms with Crippen LogP contribution in [0.15, 0.2) is 24.3 Å². The third kappa shape index (κ3) is 43.7. The molecule has 2 atom stereocenters. The third-order valence-electron chi connectivity index (χ3n) is 11.5. The van der Waals surface area contributed by atoms with Gasteiger partial charge in [0, 0.05) is 12.8 Å². The number of amides is 1. The van der Waals surface area contributed by atoms with Gasteiger partial charge in [0.25, 0.3) is 0 Å². The highest BCUT2D eigenvalue weighted by Gasteiger charge is 2.18. The van der Waals surface area contributed by atoms with E-state index in [1.165, 1.54) is 180 Å². The van der Waals surface area contributed by atoms with E-state index >= 15 is 0 Å². The van der Waals surface area contributed by atoms with Gasteiger partial charge < -0.3 is 20.3 Å². The van der Waals surface area contributed by atoms with Gasteiger partial charge in [-0.15, -0.1) is 0 Å². The van der Waals surface area contributed by atoms with E-state index < -0.39 is 12.1 Å². The number of hydrogen-bond acceptors (Lipinski definition) is 5. The highest BCUT2D eigenvalue weighted by Crippen LogP contribution is 2.16. The summed E-state index contributed by atoms with van der Waals surface area (Å²) in [6, 6.07) is -0.633. The van der Waals surface area contributed by atoms with Crippen molar-refractivity contribution in [2.24, 2.45) is 0 Å². The van der Waals surface area contributed by atoms with E-state index in [-0.39, 0.29) is 18.5 Å². The lowest BCUT2D eigenvalue weighted by Crippen LogP contribution is -2.45. The molecule has 336 valence electrons. The summed E-state index contributed by atoms with van der Waals surface area (Å²) in [5.41, 5.74) is 0. The van der Waals surface area contributed by atoms with Crippen molar-refractivity contribution in [3.63, 3.8) is 0 Å². The van der Waals surface area contributed by atoms with Crippen LogP contribution < -0.4 is 5.32 Å². The van der Waals surface area contributed by atoms with Crippen molar-refractivity contribution in [2.75, 3.05) is 13.2 Å². The molecule has 0 aromatic heterocycles. The smallest absolute Gasteiger partial charge is 0.305 e. The largest absolute Gasteiger partial charge is 0.466 e. The molecule has 0 heterocycles. The van der Waals surface area contributed by atoms with Gasteiger partial charge in [0.05, 0.1) is 25.4 Å². The van der Waals surface area contributed by atoms with E-state index in [0.717, 1.165) is 57.8 Å². The van der Waals surface area contributed by atoms with Gasteiger partial charge in [-0.1, -0.05) is 224 Å². The zero-order valence-electron chi connectivity index (χ0n) is 38.1. The molecule has 0 aliphatic heterocycles. The predicted octanol–water partition coefficient (Wildman–Crippen LogP) is 14.7. The first-order valence-electron chi connectivity index (χ1n) is 25.1. The normalized spacial score (nSPS) is 12.8. The summed E-state index contributed by atoms with van der Waals surface area (Å²) in [6.07, 6.45) is 54.5. The minimum absolute atomic E-state index is 0.0120. The fourth-order valence-corrected chi connectivity index (χ4v) is 7.55. The van der Waals surface area contributed by atoms with Crippen LogP contribution in [0.3, 0.4) is 0 Å². The second-order valence-corrected chi connectivity index (χ2v) is 17.1. The van der Waals surface area contributed by atoms with E-state index in [0.29, 0.717) is 19.4 Å². The Morgan fingerprint density at radius 3 is 1.30 bits per heavy atom. The van der Waals surface area contributed by atoms with Crippen molar-refractivity contribution in [2.45, 2.75) is 276 Å². The summed E-state index contributed by atoms with van der Waals surface area (Å²) < 4.78 is 5.44. The number of aliphatic hydroxyl groups is 2. The molecule has 0 rings (SSSR count). The quantitative estimate of drug-likeness (QED) is 0.0324. The summed E-state index contributed by atoms with van der Waals surface area (Å²) in [7, 11) is 0. The minimum atomic E-state index is -0.849. The van der Waals surface area contributed by atoms with Gasteiger partial charge >= 0.3 is 5.97 Å². The SMILES string of the molecule is CCCC/C=C\CCCCCCCC(=O)OCCCCCCCCCCCCCCCCCC(=O)NC(CO)C(O)/C=C/CCCCCCCCCCCCCC. The van der Waals surface area contributed by atoms with Crippen LogP contribution in [0.4, 0.5) is 0 Å². The Kier molecular flexibility index (Phi) is 45.7. The monoisotopic (exact) mass is 804 g/mol. The fraction of sp³-hybridized carbons (Fsp3) is 0.882. The molecule has 0 aliphatic rings. The molecule has 2 unspecified atom stereocenters. The molecular formula is C51H97NO5. The number of rotatable bonds is 46. The topological polar surface area (TPSA) is 95.9 Å². The molecule has 57 heavy (non-hydrogen) atoms. The highest BCUT2D eigenvalue weighted by molar-refractivity contribution is 5.76. The van der Waals surface area contributed by atoms with E-state index in [1.807, 2.05) is 6.08 Å². The fourth-order valence-electron chi connectivity index (χ4n) is 7.55. The zero-order chi connectivity index (χ0) is 41.5. The average molecular weight is 804 g/mol. The molecule has 1 amide bonds. The summed E-state index contributed by atoms with van der Waals surface area (Å²) in [4.78, 5) is 24.4. The maximum absolute atomic E-state index is 12.4. The Bertz CT molecular complexity index is 889. The van der Waals surface area contributed by atoms with E-state index in [1.54, 1.807) is 6.08 Å². The summed E-state index contributed by atoms with van der Waals surface area (Å²) in [5.74, 6) is -0.0890. The number of esters is 1. The number of carbonyl (C=O) groups excluding carboxylic acids is 2. The van der Waals surface area contributed by atoms with E-state index in [4.69, 9.17) is 4.74 Å². The molecule has 0 saturated carbocycles. The molecule has 3 N–H and O–H groups in total. The summed E-state index contributed by atoms with van der Waals surface area (Å²) in [6.45, 7) is 4.84. The number of hydrogen-bond donors (Lipinski definition) is 3. The molecule has 0 spiro atoms. The van der Waals surface area contributed by atoms with Crippen LogP contribution in [0, 0.1) is 0 Å². The first-order chi connectivity index (χ1) is 28.0. The zero-order valence-corrected chi connectivity index (χ0v) is 38.1. The van der Waals surface area contributed by atoms with Crippen molar-refractivity contribution in [1.29, 1.82) is 0 Å². The lowest BCUT2D eigenvalue weighted by molar-refractivity contribution is -0.143. The van der Waals surface area contributed by atoms with Gasteiger partial charge in [0.15, 0.2) is 0 Å². The first-order valence-corrected chi connectivity index (χ1v) is 25.1. The molecule has 6 heteroatoms. The van der Waals surface area contributed by atoms with E-state index in [2.05, 4.69) is 31.3 Å².